The van der Waals surface area contributed by atoms with Crippen molar-refractivity contribution < 1.29 is 10.2 Å². The van der Waals surface area contributed by atoms with Gasteiger partial charge in [0.25, 0.3) is 0 Å². The standard InChI is InChI=1S/C19H29NO2/c1-18-7-5-12(21)9-11(18)10-15(20)17-13-3-4-16(22)19(13,2)8-6-14(17)18/h4-5,7,11-15,17,21-22H,3,6,8-10,20H2,1-2H3/t11?,12?,13-,14+,15?,17-,18-,19-/m0/s1. The van der Waals surface area contributed by atoms with Gasteiger partial charge in [0.2, 0.25) is 0 Å². The number of rotatable bonds is 0. The van der Waals surface area contributed by atoms with E-state index < -0.39 is 0 Å². The second-order valence-electron chi connectivity index (χ2n) is 8.70. The Labute approximate surface area is 133 Å². The van der Waals surface area contributed by atoms with Crippen LogP contribution in [-0.4, -0.2) is 22.4 Å². The summed E-state index contributed by atoms with van der Waals surface area (Å²) in [6.45, 7) is 4.61. The summed E-state index contributed by atoms with van der Waals surface area (Å²) in [5.41, 5.74) is 6.76. The zero-order valence-electron chi connectivity index (χ0n) is 13.7. The second kappa shape index (κ2) is 4.61. The molecule has 0 aromatic carbocycles. The van der Waals surface area contributed by atoms with Crippen LogP contribution >= 0.6 is 0 Å². The van der Waals surface area contributed by atoms with Gasteiger partial charge >= 0.3 is 0 Å². The number of hydrogen-bond donors (Lipinski definition) is 3. The van der Waals surface area contributed by atoms with Crippen LogP contribution in [0, 0.1) is 34.5 Å². The Hall–Kier alpha value is -0.800. The summed E-state index contributed by atoms with van der Waals surface area (Å²) in [5.74, 6) is 2.66. The summed E-state index contributed by atoms with van der Waals surface area (Å²) in [4.78, 5) is 0. The number of fused-ring (bicyclic) bond motifs is 5. The Morgan fingerprint density at radius 2 is 2.00 bits per heavy atom. The quantitative estimate of drug-likeness (QED) is 0.602. The lowest BCUT2D eigenvalue weighted by atomic mass is 9.45. The molecule has 0 aromatic rings. The van der Waals surface area contributed by atoms with Crippen LogP contribution in [0.15, 0.2) is 24.0 Å². The first-order valence-electron chi connectivity index (χ1n) is 8.89. The first kappa shape index (κ1) is 14.8. The molecule has 4 aliphatic rings. The second-order valence-corrected chi connectivity index (χ2v) is 8.70. The third-order valence-corrected chi connectivity index (χ3v) is 7.81. The molecule has 0 radical (unpaired) electrons. The molecule has 8 atom stereocenters. The minimum absolute atomic E-state index is 0.0557. The van der Waals surface area contributed by atoms with E-state index in [1.54, 1.807) is 0 Å². The van der Waals surface area contributed by atoms with E-state index in [-0.39, 0.29) is 23.0 Å². The lowest BCUT2D eigenvalue weighted by Gasteiger charge is -2.60. The van der Waals surface area contributed by atoms with Gasteiger partial charge in [-0.2, -0.15) is 0 Å². The van der Waals surface area contributed by atoms with Gasteiger partial charge < -0.3 is 15.9 Å². The zero-order chi connectivity index (χ0) is 15.7. The highest BCUT2D eigenvalue weighted by Gasteiger charge is 2.60. The van der Waals surface area contributed by atoms with E-state index in [1.807, 2.05) is 12.2 Å². The van der Waals surface area contributed by atoms with Crippen LogP contribution in [0.4, 0.5) is 0 Å². The Balaban J connectivity index is 1.72. The van der Waals surface area contributed by atoms with E-state index in [0.29, 0.717) is 29.4 Å². The van der Waals surface area contributed by atoms with Gasteiger partial charge in [-0.05, 0) is 67.3 Å². The van der Waals surface area contributed by atoms with E-state index in [4.69, 9.17) is 5.73 Å². The molecule has 4 aliphatic carbocycles. The summed E-state index contributed by atoms with van der Waals surface area (Å²) in [5, 5.41) is 20.4. The molecule has 3 nitrogen and oxygen atoms in total. The highest BCUT2D eigenvalue weighted by Crippen LogP contribution is 2.64. The molecule has 0 aliphatic heterocycles. The van der Waals surface area contributed by atoms with Crippen LogP contribution in [0.5, 0.6) is 0 Å². The molecule has 0 spiro atoms. The third-order valence-electron chi connectivity index (χ3n) is 7.81. The van der Waals surface area contributed by atoms with E-state index in [0.717, 1.165) is 32.1 Å². The van der Waals surface area contributed by atoms with Crippen LogP contribution < -0.4 is 5.73 Å². The maximum absolute atomic E-state index is 10.4. The fourth-order valence-corrected chi connectivity index (χ4v) is 6.41. The number of aliphatic hydroxyl groups excluding tert-OH is 2. The molecule has 0 bridgehead atoms. The molecule has 22 heavy (non-hydrogen) atoms. The Morgan fingerprint density at radius 3 is 2.77 bits per heavy atom. The first-order valence-corrected chi connectivity index (χ1v) is 8.89. The highest BCUT2D eigenvalue weighted by atomic mass is 16.3. The van der Waals surface area contributed by atoms with Crippen molar-refractivity contribution in [2.75, 3.05) is 0 Å². The van der Waals surface area contributed by atoms with Crippen molar-refractivity contribution in [1.82, 2.24) is 0 Å². The molecule has 0 aromatic heterocycles. The fourth-order valence-electron chi connectivity index (χ4n) is 6.41. The van der Waals surface area contributed by atoms with Gasteiger partial charge in [0.15, 0.2) is 0 Å². The molecule has 3 heteroatoms. The fraction of sp³-hybridized carbons (Fsp3) is 0.789. The minimum atomic E-state index is -0.298. The van der Waals surface area contributed by atoms with Crippen molar-refractivity contribution in [1.29, 1.82) is 0 Å². The normalized spacial score (nSPS) is 56.8. The number of aliphatic hydroxyl groups is 2. The van der Waals surface area contributed by atoms with Gasteiger partial charge in [-0.25, -0.2) is 0 Å². The van der Waals surface area contributed by atoms with Crippen LogP contribution in [0.1, 0.15) is 46.0 Å². The van der Waals surface area contributed by atoms with Gasteiger partial charge in [0.1, 0.15) is 0 Å². The van der Waals surface area contributed by atoms with Crippen molar-refractivity contribution in [2.24, 2.45) is 40.2 Å². The molecule has 4 rings (SSSR count). The van der Waals surface area contributed by atoms with Crippen LogP contribution in [0.2, 0.25) is 0 Å². The summed E-state index contributed by atoms with van der Waals surface area (Å²) in [6.07, 6.45) is 11.1. The van der Waals surface area contributed by atoms with E-state index in [2.05, 4.69) is 19.9 Å². The molecule has 3 unspecified atom stereocenters. The average Bonchev–Trinajstić information content (AvgIpc) is 2.77. The molecule has 2 fully saturated rings. The summed E-state index contributed by atoms with van der Waals surface area (Å²) in [7, 11) is 0. The third kappa shape index (κ3) is 1.75. The summed E-state index contributed by atoms with van der Waals surface area (Å²) in [6, 6.07) is 0.200. The topological polar surface area (TPSA) is 66.5 Å². The largest absolute Gasteiger partial charge is 0.512 e. The van der Waals surface area contributed by atoms with Gasteiger partial charge in [-0.15, -0.1) is 0 Å². The molecular formula is C19H29NO2. The zero-order valence-corrected chi connectivity index (χ0v) is 13.7. The van der Waals surface area contributed by atoms with Crippen LogP contribution in [-0.2, 0) is 0 Å². The Bertz CT molecular complexity index is 542. The Morgan fingerprint density at radius 1 is 1.23 bits per heavy atom. The lowest BCUT2D eigenvalue weighted by molar-refractivity contribution is -0.0877. The number of allylic oxidation sites excluding steroid dienone is 3. The van der Waals surface area contributed by atoms with Crippen molar-refractivity contribution >= 4 is 0 Å². The number of nitrogens with two attached hydrogens (primary N) is 1. The molecule has 122 valence electrons. The van der Waals surface area contributed by atoms with Gasteiger partial charge in [-0.3, -0.25) is 0 Å². The number of hydrogen-bond acceptors (Lipinski definition) is 3. The lowest BCUT2D eigenvalue weighted by Crippen LogP contribution is -2.59. The van der Waals surface area contributed by atoms with Crippen molar-refractivity contribution in [3.63, 3.8) is 0 Å². The molecule has 2 saturated carbocycles. The molecule has 0 amide bonds. The highest BCUT2D eigenvalue weighted by molar-refractivity contribution is 5.24. The maximum Gasteiger partial charge on any atom is 0.0944 e. The smallest absolute Gasteiger partial charge is 0.0944 e. The monoisotopic (exact) mass is 303 g/mol. The SMILES string of the molecule is C[C@]12C=CC(O)CC1CC(N)[C@@H]1[C@H]2CC[C@]2(C)C(O)=CC[C@@H]12. The van der Waals surface area contributed by atoms with E-state index in [1.165, 1.54) is 0 Å². The summed E-state index contributed by atoms with van der Waals surface area (Å²) >= 11 is 0. The van der Waals surface area contributed by atoms with Gasteiger partial charge in [0.05, 0.1) is 11.9 Å². The van der Waals surface area contributed by atoms with Crippen LogP contribution in [0.25, 0.3) is 0 Å². The molecule has 0 heterocycles. The predicted octanol–water partition coefficient (Wildman–Crippen LogP) is 3.16. The Kier molecular flexibility index (Phi) is 3.09. The van der Waals surface area contributed by atoms with Gasteiger partial charge in [0, 0.05) is 11.5 Å². The van der Waals surface area contributed by atoms with E-state index in [9.17, 15) is 10.2 Å². The van der Waals surface area contributed by atoms with Crippen molar-refractivity contribution in [3.8, 4) is 0 Å². The van der Waals surface area contributed by atoms with Crippen molar-refractivity contribution in [2.45, 2.75) is 58.1 Å². The maximum atomic E-state index is 10.4. The average molecular weight is 303 g/mol. The van der Waals surface area contributed by atoms with E-state index >= 15 is 0 Å². The molecule has 4 N–H and O–H groups in total. The predicted molar refractivity (Wildman–Crippen MR) is 87.1 cm³/mol. The van der Waals surface area contributed by atoms with Crippen LogP contribution in [0.3, 0.4) is 0 Å². The first-order chi connectivity index (χ1) is 10.4. The van der Waals surface area contributed by atoms with Gasteiger partial charge in [-0.1, -0.05) is 26.0 Å². The van der Waals surface area contributed by atoms with Crippen molar-refractivity contribution in [3.05, 3.63) is 24.0 Å². The molecular weight excluding hydrogens is 274 g/mol. The molecule has 0 saturated heterocycles. The minimum Gasteiger partial charge on any atom is -0.512 e. The summed E-state index contributed by atoms with van der Waals surface area (Å²) < 4.78 is 0.